The van der Waals surface area contributed by atoms with E-state index in [1.165, 1.54) is 0 Å². The molecule has 0 aliphatic heterocycles. The molecule has 0 aromatic carbocycles. The number of unbranched alkanes of at least 4 members (excludes halogenated alkanes) is 1. The molecule has 1 unspecified atom stereocenters. The topological polar surface area (TPSA) is 57.5 Å². The Bertz CT molecular complexity index is 493. The van der Waals surface area contributed by atoms with Gasteiger partial charge in [-0.05, 0) is 38.5 Å². The smallest absolute Gasteiger partial charge is 0.303 e. The van der Waals surface area contributed by atoms with Crippen molar-refractivity contribution in [3.63, 3.8) is 0 Å². The summed E-state index contributed by atoms with van der Waals surface area (Å²) in [7, 11) is 0. The molecule has 2 N–H and O–H groups in total. The van der Waals surface area contributed by atoms with Gasteiger partial charge in [-0.3, -0.25) is 4.79 Å². The largest absolute Gasteiger partial charge is 0.481 e. The zero-order valence-electron chi connectivity index (χ0n) is 15.3. The summed E-state index contributed by atoms with van der Waals surface area (Å²) in [4.78, 5) is 10.3. The van der Waals surface area contributed by atoms with E-state index in [1.54, 1.807) is 6.08 Å². The van der Waals surface area contributed by atoms with Gasteiger partial charge in [0.25, 0.3) is 0 Å². The van der Waals surface area contributed by atoms with E-state index < -0.39 is 5.97 Å². The SMILES string of the molecule is CCC(O)C=CC=CC=CCCC=CCC=CCC=CCCC(=O)O. The van der Waals surface area contributed by atoms with Crippen molar-refractivity contribution >= 4 is 5.97 Å². The van der Waals surface area contributed by atoms with E-state index in [0.717, 1.165) is 32.1 Å². The quantitative estimate of drug-likeness (QED) is 0.248. The molecule has 0 saturated carbocycles. The number of aliphatic carboxylic acids is 1. The zero-order valence-corrected chi connectivity index (χ0v) is 15.3. The van der Waals surface area contributed by atoms with Gasteiger partial charge in [0.15, 0.2) is 0 Å². The highest BCUT2D eigenvalue weighted by molar-refractivity contribution is 5.66. The minimum atomic E-state index is -0.750. The van der Waals surface area contributed by atoms with Crippen molar-refractivity contribution in [3.05, 3.63) is 72.9 Å². The van der Waals surface area contributed by atoms with Gasteiger partial charge in [-0.15, -0.1) is 0 Å². The fourth-order valence-electron chi connectivity index (χ4n) is 1.81. The van der Waals surface area contributed by atoms with Crippen molar-refractivity contribution in [1.29, 1.82) is 0 Å². The minimum absolute atomic E-state index is 0.200. The fraction of sp³-hybridized carbons (Fsp3) is 0.409. The number of rotatable bonds is 14. The van der Waals surface area contributed by atoms with Gasteiger partial charge < -0.3 is 10.2 Å². The molecule has 0 aromatic rings. The average molecular weight is 344 g/mol. The van der Waals surface area contributed by atoms with Crippen LogP contribution in [0.3, 0.4) is 0 Å². The van der Waals surface area contributed by atoms with Crippen LogP contribution in [0.25, 0.3) is 0 Å². The number of carbonyl (C=O) groups is 1. The van der Waals surface area contributed by atoms with E-state index >= 15 is 0 Å². The number of aliphatic hydroxyl groups is 1. The molecule has 138 valence electrons. The summed E-state index contributed by atoms with van der Waals surface area (Å²) >= 11 is 0. The molecule has 0 aromatic heterocycles. The van der Waals surface area contributed by atoms with E-state index in [1.807, 2.05) is 43.4 Å². The number of hydrogen-bond acceptors (Lipinski definition) is 2. The van der Waals surface area contributed by atoms with Crippen LogP contribution in [0, 0.1) is 0 Å². The molecule has 0 heterocycles. The minimum Gasteiger partial charge on any atom is -0.481 e. The Kier molecular flexibility index (Phi) is 16.7. The second-order valence-electron chi connectivity index (χ2n) is 5.57. The van der Waals surface area contributed by atoms with E-state index in [0.29, 0.717) is 6.42 Å². The summed E-state index contributed by atoms with van der Waals surface area (Å²) in [5, 5.41) is 17.8. The van der Waals surface area contributed by atoms with Crippen LogP contribution in [0.15, 0.2) is 72.9 Å². The van der Waals surface area contributed by atoms with Crippen LogP contribution in [0.5, 0.6) is 0 Å². The molecule has 0 spiro atoms. The second kappa shape index (κ2) is 18.2. The van der Waals surface area contributed by atoms with Crippen LogP contribution in [-0.4, -0.2) is 22.3 Å². The van der Waals surface area contributed by atoms with Gasteiger partial charge in [-0.1, -0.05) is 79.8 Å². The fourth-order valence-corrected chi connectivity index (χ4v) is 1.81. The summed E-state index contributed by atoms with van der Waals surface area (Å²) in [6, 6.07) is 0. The maximum atomic E-state index is 10.3. The third-order valence-electron chi connectivity index (χ3n) is 3.29. The lowest BCUT2D eigenvalue weighted by atomic mass is 10.2. The molecule has 0 radical (unpaired) electrons. The van der Waals surface area contributed by atoms with Crippen molar-refractivity contribution in [2.24, 2.45) is 0 Å². The number of carboxylic acid groups (broad SMARTS) is 1. The van der Waals surface area contributed by atoms with E-state index in [-0.39, 0.29) is 12.5 Å². The molecule has 0 fully saturated rings. The molecule has 25 heavy (non-hydrogen) atoms. The molecule has 0 aliphatic carbocycles. The Morgan fingerprint density at radius 2 is 1.36 bits per heavy atom. The van der Waals surface area contributed by atoms with Gasteiger partial charge in [0.05, 0.1) is 6.10 Å². The highest BCUT2D eigenvalue weighted by Gasteiger charge is 1.90. The van der Waals surface area contributed by atoms with Crippen LogP contribution >= 0.6 is 0 Å². The average Bonchev–Trinajstić information content (AvgIpc) is 2.60. The molecule has 0 rings (SSSR count). The first-order chi connectivity index (χ1) is 12.2. The first kappa shape index (κ1) is 22.9. The number of hydrogen-bond donors (Lipinski definition) is 2. The lowest BCUT2D eigenvalue weighted by molar-refractivity contribution is -0.136. The molecule has 0 amide bonds. The summed E-state index contributed by atoms with van der Waals surface area (Å²) in [5.74, 6) is -0.750. The van der Waals surface area contributed by atoms with Crippen LogP contribution in [0.2, 0.25) is 0 Å². The lowest BCUT2D eigenvalue weighted by Gasteiger charge is -1.95. The molecule has 0 bridgehead atoms. The molecule has 0 aliphatic rings. The monoisotopic (exact) mass is 344 g/mol. The predicted octanol–water partition coefficient (Wildman–Crippen LogP) is 5.52. The van der Waals surface area contributed by atoms with Crippen LogP contribution in [0.4, 0.5) is 0 Å². The van der Waals surface area contributed by atoms with Crippen molar-refractivity contribution in [3.8, 4) is 0 Å². The second-order valence-corrected chi connectivity index (χ2v) is 5.57. The predicted molar refractivity (Wildman–Crippen MR) is 106 cm³/mol. The third kappa shape index (κ3) is 19.8. The molecule has 3 nitrogen and oxygen atoms in total. The Balaban J connectivity index is 3.58. The van der Waals surface area contributed by atoms with Crippen molar-refractivity contribution in [2.75, 3.05) is 0 Å². The lowest BCUT2D eigenvalue weighted by Crippen LogP contribution is -1.97. The standard InChI is InChI=1S/C22H32O3/c1-2-21(23)19-17-15-13-11-9-7-5-3-4-6-8-10-12-14-16-18-20-22(24)25/h3-4,8-11,13-17,19,21,23H,2,5-7,12,18,20H2,1H3,(H,24,25). The molecular weight excluding hydrogens is 312 g/mol. The summed E-state index contributed by atoms with van der Waals surface area (Å²) < 4.78 is 0. The van der Waals surface area contributed by atoms with Gasteiger partial charge in [-0.2, -0.15) is 0 Å². The Morgan fingerprint density at radius 1 is 0.800 bits per heavy atom. The maximum Gasteiger partial charge on any atom is 0.303 e. The third-order valence-corrected chi connectivity index (χ3v) is 3.29. The van der Waals surface area contributed by atoms with Crippen LogP contribution < -0.4 is 0 Å². The van der Waals surface area contributed by atoms with Crippen molar-refractivity contribution < 1.29 is 15.0 Å². The van der Waals surface area contributed by atoms with Gasteiger partial charge in [-0.25, -0.2) is 0 Å². The Hall–Kier alpha value is -2.13. The highest BCUT2D eigenvalue weighted by atomic mass is 16.4. The van der Waals surface area contributed by atoms with Crippen LogP contribution in [-0.2, 0) is 4.79 Å². The van der Waals surface area contributed by atoms with Gasteiger partial charge in [0.1, 0.15) is 0 Å². The van der Waals surface area contributed by atoms with Gasteiger partial charge in [0, 0.05) is 6.42 Å². The van der Waals surface area contributed by atoms with E-state index in [4.69, 9.17) is 5.11 Å². The first-order valence-electron chi connectivity index (χ1n) is 9.01. The molecule has 3 heteroatoms. The highest BCUT2D eigenvalue weighted by Crippen LogP contribution is 1.98. The Labute approximate surface area is 152 Å². The van der Waals surface area contributed by atoms with Crippen molar-refractivity contribution in [1.82, 2.24) is 0 Å². The number of allylic oxidation sites excluding steroid dienone is 11. The van der Waals surface area contributed by atoms with E-state index in [2.05, 4.69) is 30.4 Å². The first-order valence-corrected chi connectivity index (χ1v) is 9.01. The molecule has 1 atom stereocenters. The molecule has 0 saturated heterocycles. The summed E-state index contributed by atoms with van der Waals surface area (Å²) in [5.41, 5.74) is 0. The zero-order chi connectivity index (χ0) is 18.6. The van der Waals surface area contributed by atoms with Crippen LogP contribution in [0.1, 0.15) is 51.9 Å². The summed E-state index contributed by atoms with van der Waals surface area (Å²) in [6.07, 6.45) is 29.2. The molecular formula is C22H32O3. The Morgan fingerprint density at radius 3 is 2.00 bits per heavy atom. The normalized spacial score (nSPS) is 14.3. The number of aliphatic hydroxyl groups excluding tert-OH is 1. The van der Waals surface area contributed by atoms with Gasteiger partial charge in [0.2, 0.25) is 0 Å². The number of carboxylic acids is 1. The maximum absolute atomic E-state index is 10.3. The van der Waals surface area contributed by atoms with Crippen molar-refractivity contribution in [2.45, 2.75) is 58.0 Å². The summed E-state index contributed by atoms with van der Waals surface area (Å²) in [6.45, 7) is 1.95. The van der Waals surface area contributed by atoms with E-state index in [9.17, 15) is 9.90 Å². The van der Waals surface area contributed by atoms with Gasteiger partial charge >= 0.3 is 5.97 Å².